The predicted molar refractivity (Wildman–Crippen MR) is 68.9 cm³/mol. The predicted octanol–water partition coefficient (Wildman–Crippen LogP) is 4.19. The molecule has 0 amide bonds. The molecule has 2 aromatic rings. The Labute approximate surface area is 101 Å². The molecule has 0 N–H and O–H groups in total. The molecule has 1 heterocycles. The van der Waals surface area contributed by atoms with E-state index < -0.39 is 0 Å². The van der Waals surface area contributed by atoms with Crippen LogP contribution in [0.5, 0.6) is 0 Å². The van der Waals surface area contributed by atoms with Gasteiger partial charge in [-0.05, 0) is 44.4 Å². The van der Waals surface area contributed by atoms with Crippen molar-refractivity contribution >= 4 is 11.0 Å². The summed E-state index contributed by atoms with van der Waals surface area (Å²) in [6.45, 7) is 10.1. The van der Waals surface area contributed by atoms with Crippen LogP contribution in [0.25, 0.3) is 11.0 Å². The van der Waals surface area contributed by atoms with E-state index in [4.69, 9.17) is 0 Å². The Morgan fingerprint density at radius 2 is 1.82 bits per heavy atom. The second kappa shape index (κ2) is 4.13. The zero-order valence-corrected chi connectivity index (χ0v) is 11.1. The molecule has 0 saturated carbocycles. The van der Waals surface area contributed by atoms with Crippen LogP contribution in [0.1, 0.15) is 51.0 Å². The van der Waals surface area contributed by atoms with Gasteiger partial charge in [0.2, 0.25) is 0 Å². The monoisotopic (exact) mass is 234 g/mol. The molecule has 0 fully saturated rings. The van der Waals surface area contributed by atoms with E-state index in [0.29, 0.717) is 11.4 Å². The van der Waals surface area contributed by atoms with Gasteiger partial charge < -0.3 is 4.57 Å². The largest absolute Gasteiger partial charge is 0.323 e. The van der Waals surface area contributed by atoms with Gasteiger partial charge in [-0.3, -0.25) is 0 Å². The van der Waals surface area contributed by atoms with Crippen molar-refractivity contribution in [2.75, 3.05) is 0 Å². The minimum atomic E-state index is -0.166. The quantitative estimate of drug-likeness (QED) is 0.762. The van der Waals surface area contributed by atoms with Crippen molar-refractivity contribution in [1.82, 2.24) is 9.55 Å². The van der Waals surface area contributed by atoms with Gasteiger partial charge in [0.05, 0.1) is 5.52 Å². The molecule has 0 aliphatic carbocycles. The number of nitrogens with zero attached hydrogens (tertiary/aromatic N) is 2. The zero-order valence-electron chi connectivity index (χ0n) is 11.1. The minimum Gasteiger partial charge on any atom is -0.323 e. The second-order valence-electron chi connectivity index (χ2n) is 5.15. The number of imidazole rings is 1. The molecule has 0 bridgehead atoms. The molecule has 0 unspecified atom stereocenters. The fourth-order valence-electron chi connectivity index (χ4n) is 2.28. The number of hydrogen-bond acceptors (Lipinski definition) is 1. The molecule has 0 aliphatic heterocycles. The highest BCUT2D eigenvalue weighted by Crippen LogP contribution is 2.27. The average Bonchev–Trinajstić information content (AvgIpc) is 2.54. The maximum absolute atomic E-state index is 14.2. The van der Waals surface area contributed by atoms with Gasteiger partial charge in [0.1, 0.15) is 17.2 Å². The molecule has 0 spiro atoms. The van der Waals surface area contributed by atoms with Gasteiger partial charge in [0, 0.05) is 6.04 Å². The van der Waals surface area contributed by atoms with E-state index in [0.717, 1.165) is 16.9 Å². The van der Waals surface area contributed by atoms with Gasteiger partial charge in [-0.15, -0.1) is 0 Å². The summed E-state index contributed by atoms with van der Waals surface area (Å²) in [5.41, 5.74) is 2.39. The fraction of sp³-hybridized carbons (Fsp3) is 0.500. The van der Waals surface area contributed by atoms with E-state index in [1.165, 1.54) is 0 Å². The van der Waals surface area contributed by atoms with Crippen LogP contribution in [-0.2, 0) is 0 Å². The molecular formula is C14H19FN2. The topological polar surface area (TPSA) is 17.8 Å². The Bertz CT molecular complexity index is 553. The highest BCUT2D eigenvalue weighted by molar-refractivity contribution is 5.78. The number of aromatic nitrogens is 2. The van der Waals surface area contributed by atoms with Crippen molar-refractivity contribution in [3.63, 3.8) is 0 Å². The molecule has 0 saturated heterocycles. The third-order valence-corrected chi connectivity index (χ3v) is 3.12. The molecular weight excluding hydrogens is 215 g/mol. The van der Waals surface area contributed by atoms with E-state index in [2.05, 4.69) is 18.8 Å². The first-order valence-electron chi connectivity index (χ1n) is 6.09. The second-order valence-corrected chi connectivity index (χ2v) is 5.15. The van der Waals surface area contributed by atoms with Crippen LogP contribution >= 0.6 is 0 Å². The lowest BCUT2D eigenvalue weighted by Gasteiger charge is -2.12. The van der Waals surface area contributed by atoms with Crippen LogP contribution in [0, 0.1) is 12.7 Å². The van der Waals surface area contributed by atoms with Crippen LogP contribution < -0.4 is 0 Å². The lowest BCUT2D eigenvalue weighted by Crippen LogP contribution is -2.04. The van der Waals surface area contributed by atoms with E-state index in [1.54, 1.807) is 6.07 Å². The molecule has 17 heavy (non-hydrogen) atoms. The van der Waals surface area contributed by atoms with Crippen molar-refractivity contribution < 1.29 is 4.39 Å². The summed E-state index contributed by atoms with van der Waals surface area (Å²) in [6, 6.07) is 3.85. The zero-order chi connectivity index (χ0) is 12.7. The van der Waals surface area contributed by atoms with E-state index in [9.17, 15) is 4.39 Å². The fourth-order valence-corrected chi connectivity index (χ4v) is 2.28. The summed E-state index contributed by atoms with van der Waals surface area (Å²) in [4.78, 5) is 4.46. The maximum Gasteiger partial charge on any atom is 0.149 e. The summed E-state index contributed by atoms with van der Waals surface area (Å²) in [5.74, 6) is 1.02. The van der Waals surface area contributed by atoms with Crippen LogP contribution in [0.15, 0.2) is 12.1 Å². The standard InChI is InChI=1S/C14H19FN2/c1-8(2)11-6-12(15)14-13(7-11)16-10(5)17(14)9(3)4/h6-9H,1-5H3. The van der Waals surface area contributed by atoms with Crippen molar-refractivity contribution in [2.24, 2.45) is 0 Å². The first kappa shape index (κ1) is 12.1. The van der Waals surface area contributed by atoms with E-state index in [1.807, 2.05) is 31.4 Å². The van der Waals surface area contributed by atoms with Crippen LogP contribution in [-0.4, -0.2) is 9.55 Å². The Morgan fingerprint density at radius 1 is 1.18 bits per heavy atom. The highest BCUT2D eigenvalue weighted by Gasteiger charge is 2.16. The molecule has 0 aliphatic rings. The summed E-state index contributed by atoms with van der Waals surface area (Å²) in [7, 11) is 0. The normalized spacial score (nSPS) is 12.0. The number of fused-ring (bicyclic) bond motifs is 1. The van der Waals surface area contributed by atoms with Gasteiger partial charge in [0.15, 0.2) is 0 Å². The first-order valence-corrected chi connectivity index (χ1v) is 6.09. The summed E-state index contributed by atoms with van der Waals surface area (Å²) < 4.78 is 16.1. The molecule has 92 valence electrons. The first-order chi connectivity index (χ1) is 7.91. The molecule has 0 radical (unpaired) electrons. The molecule has 1 aromatic carbocycles. The van der Waals surface area contributed by atoms with Gasteiger partial charge >= 0.3 is 0 Å². The van der Waals surface area contributed by atoms with Crippen molar-refractivity contribution in [3.8, 4) is 0 Å². The summed E-state index contributed by atoms with van der Waals surface area (Å²) in [6.07, 6.45) is 0. The molecule has 3 heteroatoms. The number of aryl methyl sites for hydroxylation is 1. The maximum atomic E-state index is 14.2. The number of hydrogen-bond donors (Lipinski definition) is 0. The molecule has 0 atom stereocenters. The smallest absolute Gasteiger partial charge is 0.149 e. The Kier molecular flexibility index (Phi) is 2.94. The third kappa shape index (κ3) is 1.94. The number of benzene rings is 1. The third-order valence-electron chi connectivity index (χ3n) is 3.12. The van der Waals surface area contributed by atoms with Crippen LogP contribution in [0.4, 0.5) is 4.39 Å². The summed E-state index contributed by atoms with van der Waals surface area (Å²) in [5, 5.41) is 0. The van der Waals surface area contributed by atoms with Crippen LogP contribution in [0.3, 0.4) is 0 Å². The SMILES string of the molecule is Cc1nc2cc(C(C)C)cc(F)c2n1C(C)C. The minimum absolute atomic E-state index is 0.166. The van der Waals surface area contributed by atoms with Gasteiger partial charge in [-0.1, -0.05) is 13.8 Å². The molecule has 1 aromatic heterocycles. The lowest BCUT2D eigenvalue weighted by molar-refractivity contribution is 0.573. The highest BCUT2D eigenvalue weighted by atomic mass is 19.1. The Hall–Kier alpha value is -1.38. The average molecular weight is 234 g/mol. The van der Waals surface area contributed by atoms with Gasteiger partial charge in [-0.2, -0.15) is 0 Å². The van der Waals surface area contributed by atoms with Crippen molar-refractivity contribution in [2.45, 2.75) is 46.6 Å². The summed E-state index contributed by atoms with van der Waals surface area (Å²) >= 11 is 0. The van der Waals surface area contributed by atoms with E-state index in [-0.39, 0.29) is 11.9 Å². The number of halogens is 1. The van der Waals surface area contributed by atoms with E-state index >= 15 is 0 Å². The Morgan fingerprint density at radius 3 is 2.35 bits per heavy atom. The molecule has 2 nitrogen and oxygen atoms in total. The van der Waals surface area contributed by atoms with Gasteiger partial charge in [-0.25, -0.2) is 9.37 Å². The number of rotatable bonds is 2. The van der Waals surface area contributed by atoms with Crippen LogP contribution in [0.2, 0.25) is 0 Å². The molecule has 2 rings (SSSR count). The Balaban J connectivity index is 2.77. The van der Waals surface area contributed by atoms with Gasteiger partial charge in [0.25, 0.3) is 0 Å². The lowest BCUT2D eigenvalue weighted by atomic mass is 10.0. The van der Waals surface area contributed by atoms with Crippen molar-refractivity contribution in [3.05, 3.63) is 29.3 Å². The van der Waals surface area contributed by atoms with Crippen molar-refractivity contribution in [1.29, 1.82) is 0 Å².